The van der Waals surface area contributed by atoms with Crippen LogP contribution in [0.25, 0.3) is 0 Å². The smallest absolute Gasteiger partial charge is 0.191 e. The molecule has 0 spiro atoms. The SMILES string of the molecule is CN=C(NCCOC)NCC(c1c(F)cccc1F)N(C)C.I. The molecule has 0 aliphatic rings. The number of hydrogen-bond acceptors (Lipinski definition) is 3. The molecule has 0 radical (unpaired) electrons. The van der Waals surface area contributed by atoms with Gasteiger partial charge in [0.05, 0.1) is 12.6 Å². The Hall–Kier alpha value is -1.000. The Kier molecular flexibility index (Phi) is 11.0. The van der Waals surface area contributed by atoms with Gasteiger partial charge in [0, 0.05) is 32.8 Å². The predicted octanol–water partition coefficient (Wildman–Crippen LogP) is 2.00. The third kappa shape index (κ3) is 6.96. The molecule has 1 unspecified atom stereocenters. The molecular formula is C15H25F2IN4O. The first-order chi connectivity index (χ1) is 10.5. The molecule has 8 heteroatoms. The summed E-state index contributed by atoms with van der Waals surface area (Å²) in [6.45, 7) is 1.45. The highest BCUT2D eigenvalue weighted by Gasteiger charge is 2.22. The Bertz CT molecular complexity index is 480. The summed E-state index contributed by atoms with van der Waals surface area (Å²) in [5.74, 6) is -0.550. The van der Waals surface area contributed by atoms with E-state index in [0.717, 1.165) is 0 Å². The third-order valence-corrected chi connectivity index (χ3v) is 3.24. The number of ether oxygens (including phenoxy) is 1. The number of benzene rings is 1. The number of guanidine groups is 1. The molecule has 0 heterocycles. The van der Waals surface area contributed by atoms with Crippen LogP contribution in [-0.4, -0.2) is 58.8 Å². The van der Waals surface area contributed by atoms with Crippen LogP contribution in [0.5, 0.6) is 0 Å². The Labute approximate surface area is 153 Å². The van der Waals surface area contributed by atoms with E-state index >= 15 is 0 Å². The first-order valence-corrected chi connectivity index (χ1v) is 7.05. The molecule has 1 atom stereocenters. The van der Waals surface area contributed by atoms with Crippen molar-refractivity contribution in [3.63, 3.8) is 0 Å². The highest BCUT2D eigenvalue weighted by molar-refractivity contribution is 14.0. The van der Waals surface area contributed by atoms with Gasteiger partial charge in [-0.15, -0.1) is 24.0 Å². The van der Waals surface area contributed by atoms with E-state index in [1.54, 1.807) is 33.2 Å². The number of rotatable bonds is 7. The summed E-state index contributed by atoms with van der Waals surface area (Å²) in [5, 5.41) is 6.12. The van der Waals surface area contributed by atoms with E-state index in [4.69, 9.17) is 4.74 Å². The van der Waals surface area contributed by atoms with Crippen LogP contribution in [-0.2, 0) is 4.74 Å². The molecule has 1 aromatic carbocycles. The lowest BCUT2D eigenvalue weighted by atomic mass is 10.0. The van der Waals surface area contributed by atoms with Crippen LogP contribution in [0.4, 0.5) is 8.78 Å². The van der Waals surface area contributed by atoms with Gasteiger partial charge in [0.15, 0.2) is 5.96 Å². The second kappa shape index (κ2) is 11.5. The Morgan fingerprint density at radius 3 is 2.35 bits per heavy atom. The molecular weight excluding hydrogens is 417 g/mol. The quantitative estimate of drug-likeness (QED) is 0.294. The molecule has 1 rings (SSSR count). The van der Waals surface area contributed by atoms with Gasteiger partial charge in [0.1, 0.15) is 11.6 Å². The monoisotopic (exact) mass is 442 g/mol. The topological polar surface area (TPSA) is 48.9 Å². The van der Waals surface area contributed by atoms with Crippen molar-refractivity contribution in [2.75, 3.05) is 47.9 Å². The molecule has 2 N–H and O–H groups in total. The molecule has 0 aliphatic heterocycles. The van der Waals surface area contributed by atoms with Gasteiger partial charge in [0.2, 0.25) is 0 Å². The lowest BCUT2D eigenvalue weighted by Gasteiger charge is -2.26. The van der Waals surface area contributed by atoms with Crippen LogP contribution in [0.3, 0.4) is 0 Å². The fourth-order valence-electron chi connectivity index (χ4n) is 2.06. The molecule has 0 aliphatic carbocycles. The summed E-state index contributed by atoms with van der Waals surface area (Å²) >= 11 is 0. The van der Waals surface area contributed by atoms with Crippen molar-refractivity contribution >= 4 is 29.9 Å². The molecule has 0 saturated carbocycles. The zero-order valence-electron chi connectivity index (χ0n) is 13.9. The number of hydrogen-bond donors (Lipinski definition) is 2. The van der Waals surface area contributed by atoms with E-state index in [9.17, 15) is 8.78 Å². The second-order valence-electron chi connectivity index (χ2n) is 4.99. The molecule has 132 valence electrons. The standard InChI is InChI=1S/C15H24F2N4O.HI/c1-18-15(19-8-9-22-4)20-10-13(21(2)3)14-11(16)6-5-7-12(14)17;/h5-7,13H,8-10H2,1-4H3,(H2,18,19,20);1H. The van der Waals surface area contributed by atoms with Gasteiger partial charge >= 0.3 is 0 Å². The van der Waals surface area contributed by atoms with Gasteiger partial charge in [-0.25, -0.2) is 8.78 Å². The molecule has 0 amide bonds. The minimum atomic E-state index is -0.553. The van der Waals surface area contributed by atoms with Crippen molar-refractivity contribution in [1.29, 1.82) is 0 Å². The summed E-state index contributed by atoms with van der Waals surface area (Å²) in [5.41, 5.74) is 0.0485. The predicted molar refractivity (Wildman–Crippen MR) is 99.4 cm³/mol. The minimum Gasteiger partial charge on any atom is -0.383 e. The van der Waals surface area contributed by atoms with Gasteiger partial charge in [0.25, 0.3) is 0 Å². The van der Waals surface area contributed by atoms with E-state index < -0.39 is 17.7 Å². The number of aliphatic imine (C=N–C) groups is 1. The Morgan fingerprint density at radius 1 is 1.26 bits per heavy atom. The average Bonchev–Trinajstić information content (AvgIpc) is 2.47. The van der Waals surface area contributed by atoms with Crippen LogP contribution >= 0.6 is 24.0 Å². The largest absolute Gasteiger partial charge is 0.383 e. The zero-order chi connectivity index (χ0) is 16.5. The van der Waals surface area contributed by atoms with Gasteiger partial charge < -0.3 is 20.3 Å². The van der Waals surface area contributed by atoms with Crippen LogP contribution in [0.15, 0.2) is 23.2 Å². The number of nitrogens with one attached hydrogen (secondary N) is 2. The normalized spacial score (nSPS) is 12.7. The first kappa shape index (κ1) is 22.0. The van der Waals surface area contributed by atoms with E-state index in [2.05, 4.69) is 15.6 Å². The van der Waals surface area contributed by atoms with E-state index in [0.29, 0.717) is 25.7 Å². The van der Waals surface area contributed by atoms with Crippen LogP contribution in [0.1, 0.15) is 11.6 Å². The van der Waals surface area contributed by atoms with Crippen molar-refractivity contribution in [3.05, 3.63) is 35.4 Å². The summed E-state index contributed by atoms with van der Waals surface area (Å²) in [6.07, 6.45) is 0. The number of methoxy groups -OCH3 is 1. The van der Waals surface area contributed by atoms with Crippen LogP contribution in [0.2, 0.25) is 0 Å². The molecule has 0 bridgehead atoms. The van der Waals surface area contributed by atoms with Crippen LogP contribution in [0, 0.1) is 11.6 Å². The van der Waals surface area contributed by atoms with Crippen LogP contribution < -0.4 is 10.6 Å². The van der Waals surface area contributed by atoms with Crippen molar-refractivity contribution in [3.8, 4) is 0 Å². The van der Waals surface area contributed by atoms with Crippen molar-refractivity contribution in [1.82, 2.24) is 15.5 Å². The Morgan fingerprint density at radius 2 is 1.87 bits per heavy atom. The van der Waals surface area contributed by atoms with Gasteiger partial charge in [-0.2, -0.15) is 0 Å². The first-order valence-electron chi connectivity index (χ1n) is 7.05. The molecule has 0 fully saturated rings. The van der Waals surface area contributed by atoms with E-state index in [1.165, 1.54) is 18.2 Å². The Balaban J connectivity index is 0.00000484. The van der Waals surface area contributed by atoms with Gasteiger partial charge in [-0.3, -0.25) is 4.99 Å². The summed E-state index contributed by atoms with van der Waals surface area (Å²) in [6, 6.07) is 3.43. The summed E-state index contributed by atoms with van der Waals surface area (Å²) < 4.78 is 32.9. The fraction of sp³-hybridized carbons (Fsp3) is 0.533. The summed E-state index contributed by atoms with van der Waals surface area (Å²) in [4.78, 5) is 5.82. The molecule has 1 aromatic rings. The highest BCUT2D eigenvalue weighted by atomic mass is 127. The zero-order valence-corrected chi connectivity index (χ0v) is 16.2. The maximum atomic E-state index is 14.0. The van der Waals surface area contributed by atoms with Gasteiger partial charge in [-0.05, 0) is 26.2 Å². The van der Waals surface area contributed by atoms with Crippen molar-refractivity contribution in [2.24, 2.45) is 4.99 Å². The van der Waals surface area contributed by atoms with E-state index in [-0.39, 0.29) is 29.5 Å². The second-order valence-corrected chi connectivity index (χ2v) is 4.99. The number of nitrogens with zero attached hydrogens (tertiary/aromatic N) is 2. The maximum absolute atomic E-state index is 14.0. The van der Waals surface area contributed by atoms with E-state index in [1.807, 2.05) is 0 Å². The molecule has 5 nitrogen and oxygen atoms in total. The maximum Gasteiger partial charge on any atom is 0.191 e. The third-order valence-electron chi connectivity index (χ3n) is 3.24. The summed E-state index contributed by atoms with van der Waals surface area (Å²) in [7, 11) is 6.80. The average molecular weight is 442 g/mol. The molecule has 0 saturated heterocycles. The number of halogens is 3. The molecule has 0 aromatic heterocycles. The molecule has 23 heavy (non-hydrogen) atoms. The minimum absolute atomic E-state index is 0. The van der Waals surface area contributed by atoms with Crippen molar-refractivity contribution in [2.45, 2.75) is 6.04 Å². The lowest BCUT2D eigenvalue weighted by molar-refractivity contribution is 0.203. The fourth-order valence-corrected chi connectivity index (χ4v) is 2.06. The number of likely N-dealkylation sites (N-methyl/N-ethyl adjacent to an activating group) is 1. The lowest BCUT2D eigenvalue weighted by Crippen LogP contribution is -2.43. The highest BCUT2D eigenvalue weighted by Crippen LogP contribution is 2.23. The van der Waals surface area contributed by atoms with Gasteiger partial charge in [-0.1, -0.05) is 6.07 Å². The van der Waals surface area contributed by atoms with Crippen molar-refractivity contribution < 1.29 is 13.5 Å².